The lowest BCUT2D eigenvalue weighted by Crippen LogP contribution is -2.08. The number of fused-ring (bicyclic) bond motifs is 1. The second-order valence-electron chi connectivity index (χ2n) is 4.39. The highest BCUT2D eigenvalue weighted by atomic mass is 16.5. The molecular formula is C12H14N2O3. The van der Waals surface area contributed by atoms with E-state index in [9.17, 15) is 9.90 Å². The van der Waals surface area contributed by atoms with Crippen LogP contribution in [-0.4, -0.2) is 21.2 Å². The Hall–Kier alpha value is -1.91. The lowest BCUT2D eigenvalue weighted by Gasteiger charge is -2.12. The zero-order valence-electron chi connectivity index (χ0n) is 10.2. The molecule has 0 fully saturated rings. The number of carboxylic acid groups (broad SMARTS) is 1. The van der Waals surface area contributed by atoms with Crippen LogP contribution in [-0.2, 0) is 0 Å². The van der Waals surface area contributed by atoms with E-state index >= 15 is 0 Å². The summed E-state index contributed by atoms with van der Waals surface area (Å²) in [7, 11) is 0. The van der Waals surface area contributed by atoms with Gasteiger partial charge in [-0.3, -0.25) is 0 Å². The quantitative estimate of drug-likeness (QED) is 0.864. The minimum Gasteiger partial charge on any atom is -0.478 e. The van der Waals surface area contributed by atoms with E-state index in [-0.39, 0.29) is 11.5 Å². The van der Waals surface area contributed by atoms with Crippen LogP contribution in [0.15, 0.2) is 4.52 Å². The van der Waals surface area contributed by atoms with Gasteiger partial charge in [0.05, 0.1) is 16.6 Å². The molecule has 0 aromatic carbocycles. The number of nitrogens with zero attached hydrogens (tertiary/aromatic N) is 2. The van der Waals surface area contributed by atoms with Crippen LogP contribution >= 0.6 is 0 Å². The van der Waals surface area contributed by atoms with Crippen LogP contribution in [0.3, 0.4) is 0 Å². The summed E-state index contributed by atoms with van der Waals surface area (Å²) in [6, 6.07) is 0. The molecule has 0 aliphatic heterocycles. The molecule has 2 heterocycles. The Bertz CT molecular complexity index is 599. The second-order valence-corrected chi connectivity index (χ2v) is 4.39. The number of hydrogen-bond acceptors (Lipinski definition) is 4. The predicted molar refractivity (Wildman–Crippen MR) is 62.3 cm³/mol. The van der Waals surface area contributed by atoms with Crippen molar-refractivity contribution in [1.29, 1.82) is 0 Å². The molecule has 0 unspecified atom stereocenters. The lowest BCUT2D eigenvalue weighted by atomic mass is 9.93. The van der Waals surface area contributed by atoms with Gasteiger partial charge in [0, 0.05) is 5.69 Å². The molecule has 0 spiro atoms. The van der Waals surface area contributed by atoms with Crippen molar-refractivity contribution in [2.45, 2.75) is 33.6 Å². The molecule has 0 saturated heterocycles. The molecule has 0 aliphatic rings. The molecule has 90 valence electrons. The number of carbonyl (C=O) groups is 1. The lowest BCUT2D eigenvalue weighted by molar-refractivity contribution is 0.0697. The van der Waals surface area contributed by atoms with Gasteiger partial charge in [-0.05, 0) is 25.3 Å². The van der Waals surface area contributed by atoms with Crippen molar-refractivity contribution in [3.05, 3.63) is 22.5 Å². The summed E-state index contributed by atoms with van der Waals surface area (Å²) >= 11 is 0. The Morgan fingerprint density at radius 2 is 1.94 bits per heavy atom. The van der Waals surface area contributed by atoms with E-state index in [0.717, 1.165) is 5.56 Å². The van der Waals surface area contributed by atoms with Gasteiger partial charge in [-0.15, -0.1) is 0 Å². The molecule has 0 radical (unpaired) electrons. The van der Waals surface area contributed by atoms with E-state index in [2.05, 4.69) is 10.1 Å². The molecular weight excluding hydrogens is 220 g/mol. The zero-order chi connectivity index (χ0) is 12.7. The van der Waals surface area contributed by atoms with E-state index in [0.29, 0.717) is 22.5 Å². The first-order valence-electron chi connectivity index (χ1n) is 5.43. The van der Waals surface area contributed by atoms with Crippen LogP contribution in [0.5, 0.6) is 0 Å². The molecule has 0 saturated carbocycles. The average molecular weight is 234 g/mol. The van der Waals surface area contributed by atoms with Crippen LogP contribution in [0.4, 0.5) is 0 Å². The summed E-state index contributed by atoms with van der Waals surface area (Å²) in [5.41, 5.74) is 2.55. The maximum absolute atomic E-state index is 11.4. The van der Waals surface area contributed by atoms with Crippen molar-refractivity contribution < 1.29 is 14.4 Å². The highest BCUT2D eigenvalue weighted by molar-refractivity contribution is 6.04. The van der Waals surface area contributed by atoms with Crippen LogP contribution in [0, 0.1) is 13.8 Å². The minimum atomic E-state index is -0.962. The van der Waals surface area contributed by atoms with Gasteiger partial charge < -0.3 is 9.63 Å². The molecule has 0 bridgehead atoms. The molecule has 2 aromatic heterocycles. The number of aromatic nitrogens is 2. The third-order valence-corrected chi connectivity index (χ3v) is 2.81. The fourth-order valence-electron chi connectivity index (χ4n) is 2.18. The Kier molecular flexibility index (Phi) is 2.61. The molecule has 2 aromatic rings. The highest BCUT2D eigenvalue weighted by Gasteiger charge is 2.24. The Morgan fingerprint density at radius 3 is 2.47 bits per heavy atom. The topological polar surface area (TPSA) is 76.2 Å². The normalized spacial score (nSPS) is 11.4. The molecule has 2 rings (SSSR count). The first-order chi connectivity index (χ1) is 7.93. The summed E-state index contributed by atoms with van der Waals surface area (Å²) in [6.45, 7) is 7.41. The summed E-state index contributed by atoms with van der Waals surface area (Å²) in [5.74, 6) is -0.872. The van der Waals surface area contributed by atoms with E-state index in [1.807, 2.05) is 13.8 Å². The summed E-state index contributed by atoms with van der Waals surface area (Å²) in [4.78, 5) is 15.7. The van der Waals surface area contributed by atoms with Gasteiger partial charge in [0.1, 0.15) is 0 Å². The highest BCUT2D eigenvalue weighted by Crippen LogP contribution is 2.30. The van der Waals surface area contributed by atoms with E-state index in [4.69, 9.17) is 4.52 Å². The van der Waals surface area contributed by atoms with Crippen LogP contribution in [0.2, 0.25) is 0 Å². The van der Waals surface area contributed by atoms with Crippen molar-refractivity contribution >= 4 is 17.1 Å². The maximum atomic E-state index is 11.4. The number of hydrogen-bond donors (Lipinski definition) is 1. The smallest absolute Gasteiger partial charge is 0.336 e. The van der Waals surface area contributed by atoms with Crippen molar-refractivity contribution in [2.75, 3.05) is 0 Å². The van der Waals surface area contributed by atoms with E-state index in [1.54, 1.807) is 13.8 Å². The number of pyridine rings is 1. The first kappa shape index (κ1) is 11.6. The monoisotopic (exact) mass is 234 g/mol. The average Bonchev–Trinajstić information content (AvgIpc) is 2.57. The van der Waals surface area contributed by atoms with E-state index < -0.39 is 5.97 Å². The zero-order valence-corrected chi connectivity index (χ0v) is 10.2. The van der Waals surface area contributed by atoms with Crippen LogP contribution in [0.1, 0.15) is 47.1 Å². The van der Waals surface area contributed by atoms with Crippen LogP contribution < -0.4 is 0 Å². The standard InChI is InChI=1S/C12H14N2O3/c1-5(2)8-6(3)13-11-9(7(4)14-17-11)10(8)12(15)16/h5H,1-4H3,(H,15,16). The number of aromatic carboxylic acids is 1. The predicted octanol–water partition coefficient (Wildman–Crippen LogP) is 2.66. The molecule has 1 N–H and O–H groups in total. The van der Waals surface area contributed by atoms with Gasteiger partial charge in [-0.1, -0.05) is 19.0 Å². The fraction of sp³-hybridized carbons (Fsp3) is 0.417. The molecule has 0 atom stereocenters. The molecule has 5 nitrogen and oxygen atoms in total. The third kappa shape index (κ3) is 1.67. The molecule has 0 amide bonds. The van der Waals surface area contributed by atoms with Gasteiger partial charge >= 0.3 is 5.97 Å². The van der Waals surface area contributed by atoms with Crippen molar-refractivity contribution in [3.8, 4) is 0 Å². The first-order valence-corrected chi connectivity index (χ1v) is 5.43. The number of aryl methyl sites for hydroxylation is 2. The number of carboxylic acids is 1. The Balaban J connectivity index is 2.97. The summed E-state index contributed by atoms with van der Waals surface area (Å²) < 4.78 is 5.03. The molecule has 17 heavy (non-hydrogen) atoms. The third-order valence-electron chi connectivity index (χ3n) is 2.81. The molecule has 0 aliphatic carbocycles. The maximum Gasteiger partial charge on any atom is 0.336 e. The minimum absolute atomic E-state index is 0.0901. The number of rotatable bonds is 2. The van der Waals surface area contributed by atoms with E-state index in [1.165, 1.54) is 0 Å². The van der Waals surface area contributed by atoms with Crippen LogP contribution in [0.25, 0.3) is 11.1 Å². The summed E-state index contributed by atoms with van der Waals surface area (Å²) in [6.07, 6.45) is 0. The molecule has 5 heteroatoms. The largest absolute Gasteiger partial charge is 0.478 e. The van der Waals surface area contributed by atoms with Gasteiger partial charge in [-0.25, -0.2) is 9.78 Å². The van der Waals surface area contributed by atoms with Crippen molar-refractivity contribution in [3.63, 3.8) is 0 Å². The van der Waals surface area contributed by atoms with Gasteiger partial charge in [-0.2, -0.15) is 0 Å². The summed E-state index contributed by atoms with van der Waals surface area (Å²) in [5, 5.41) is 13.7. The van der Waals surface area contributed by atoms with Crippen molar-refractivity contribution in [1.82, 2.24) is 10.1 Å². The van der Waals surface area contributed by atoms with Gasteiger partial charge in [0.15, 0.2) is 0 Å². The Morgan fingerprint density at radius 1 is 1.29 bits per heavy atom. The second kappa shape index (κ2) is 3.84. The SMILES string of the molecule is Cc1nc2onc(C)c2c(C(=O)O)c1C(C)C. The Labute approximate surface area is 98.4 Å². The fourth-order valence-corrected chi connectivity index (χ4v) is 2.18. The van der Waals surface area contributed by atoms with Crippen molar-refractivity contribution in [2.24, 2.45) is 0 Å². The van der Waals surface area contributed by atoms with Gasteiger partial charge in [0.2, 0.25) is 0 Å². The van der Waals surface area contributed by atoms with Gasteiger partial charge in [0.25, 0.3) is 5.71 Å².